The largest absolute Gasteiger partial charge is 0.472 e. The molecule has 456 valence electrons. The van der Waals surface area contributed by atoms with Crippen molar-refractivity contribution in [2.24, 2.45) is 0 Å². The maximum atomic E-state index is 13.0. The average molecular weight is 1110 g/mol. The fourth-order valence-electron chi connectivity index (χ4n) is 10.4. The van der Waals surface area contributed by atoms with Crippen molar-refractivity contribution in [3.8, 4) is 0 Å². The number of rotatable bonds is 63. The predicted octanol–water partition coefficient (Wildman–Crippen LogP) is 21.3. The molecule has 0 aliphatic rings. The van der Waals surface area contributed by atoms with E-state index in [1.807, 2.05) is 21.1 Å². The van der Waals surface area contributed by atoms with E-state index in [9.17, 15) is 19.4 Å². The highest BCUT2D eigenvalue weighted by Crippen LogP contribution is 2.43. The summed E-state index contributed by atoms with van der Waals surface area (Å²) in [4.78, 5) is 23.4. The maximum Gasteiger partial charge on any atom is 0.472 e. The van der Waals surface area contributed by atoms with Crippen LogP contribution in [0.15, 0.2) is 36.5 Å². The van der Waals surface area contributed by atoms with E-state index in [0.29, 0.717) is 23.9 Å². The highest BCUT2D eigenvalue weighted by molar-refractivity contribution is 7.47. The van der Waals surface area contributed by atoms with Crippen molar-refractivity contribution in [1.82, 2.24) is 5.32 Å². The van der Waals surface area contributed by atoms with E-state index in [1.54, 1.807) is 0 Å². The zero-order chi connectivity index (χ0) is 56.3. The number of phosphoric ester groups is 1. The normalized spacial score (nSPS) is 13.9. The van der Waals surface area contributed by atoms with Gasteiger partial charge in [0.15, 0.2) is 0 Å². The zero-order valence-electron chi connectivity index (χ0n) is 52.2. The van der Waals surface area contributed by atoms with E-state index in [-0.39, 0.29) is 19.1 Å². The predicted molar refractivity (Wildman–Crippen MR) is 337 cm³/mol. The van der Waals surface area contributed by atoms with Gasteiger partial charge in [-0.3, -0.25) is 13.8 Å². The Morgan fingerprint density at radius 3 is 1.08 bits per heavy atom. The van der Waals surface area contributed by atoms with Gasteiger partial charge in [-0.25, -0.2) is 4.57 Å². The molecule has 0 saturated heterocycles. The van der Waals surface area contributed by atoms with Crippen LogP contribution in [-0.2, 0) is 18.4 Å². The summed E-state index contributed by atoms with van der Waals surface area (Å²) in [7, 11) is 1.63. The van der Waals surface area contributed by atoms with Gasteiger partial charge in [-0.1, -0.05) is 320 Å². The van der Waals surface area contributed by atoms with Crippen LogP contribution in [0.4, 0.5) is 0 Å². The van der Waals surface area contributed by atoms with Crippen LogP contribution in [0.3, 0.4) is 0 Å². The molecule has 0 spiro atoms. The lowest BCUT2D eigenvalue weighted by atomic mass is 10.0. The Morgan fingerprint density at radius 1 is 0.442 bits per heavy atom. The smallest absolute Gasteiger partial charge is 0.391 e. The fourth-order valence-corrected chi connectivity index (χ4v) is 11.1. The molecule has 0 aromatic heterocycles. The maximum absolute atomic E-state index is 13.0. The first-order valence-corrected chi connectivity index (χ1v) is 35.3. The molecule has 0 rings (SSSR count). The quantitative estimate of drug-likeness (QED) is 0.0243. The number of carbonyl (C=O) groups excluding carboxylic acids is 1. The average Bonchev–Trinajstić information content (AvgIpc) is 3.39. The lowest BCUT2D eigenvalue weighted by Crippen LogP contribution is -2.46. The van der Waals surface area contributed by atoms with Gasteiger partial charge in [-0.2, -0.15) is 0 Å². The number of carbonyl (C=O) groups is 1. The van der Waals surface area contributed by atoms with Gasteiger partial charge >= 0.3 is 7.82 Å². The number of allylic oxidation sites excluding steroid dienone is 6. The summed E-state index contributed by atoms with van der Waals surface area (Å²) >= 11 is 0. The Hall–Kier alpha value is -1.28. The summed E-state index contributed by atoms with van der Waals surface area (Å²) < 4.78 is 23.8. The molecule has 0 aromatic carbocycles. The topological polar surface area (TPSA) is 105 Å². The van der Waals surface area contributed by atoms with E-state index in [1.165, 1.54) is 263 Å². The molecule has 3 N–H and O–H groups in total. The van der Waals surface area contributed by atoms with Crippen molar-refractivity contribution >= 4 is 13.7 Å². The van der Waals surface area contributed by atoms with Gasteiger partial charge in [-0.15, -0.1) is 0 Å². The molecule has 3 unspecified atom stereocenters. The number of amides is 1. The summed E-state index contributed by atoms with van der Waals surface area (Å²) in [5.41, 5.74) is 0. The van der Waals surface area contributed by atoms with Crippen molar-refractivity contribution in [2.45, 2.75) is 353 Å². The lowest BCUT2D eigenvalue weighted by molar-refractivity contribution is -0.870. The Balaban J connectivity index is 3.93. The molecule has 0 heterocycles. The third-order valence-corrected chi connectivity index (χ3v) is 16.6. The molecule has 0 aliphatic heterocycles. The number of quaternary nitrogens is 1. The van der Waals surface area contributed by atoms with Crippen molar-refractivity contribution in [2.75, 3.05) is 40.9 Å². The Labute approximate surface area is 480 Å². The summed E-state index contributed by atoms with van der Waals surface area (Å²) in [6.07, 6.45) is 78.1. The SMILES string of the molecule is CCCCCCC/C=C\C/C=C\C/C=C\CCCCCCCCCCCCCCCCCCCCCCCCC(=O)NC(COP(=O)(O)OCC[N+](C)(C)C)C(O)CCCCCCCCCCCCCCCCCCCC. The van der Waals surface area contributed by atoms with Gasteiger partial charge in [0.2, 0.25) is 5.91 Å². The van der Waals surface area contributed by atoms with E-state index in [2.05, 4.69) is 55.6 Å². The molecule has 0 aliphatic carbocycles. The number of phosphoric acid groups is 1. The minimum absolute atomic E-state index is 0.0770. The molecule has 3 atom stereocenters. The molecule has 0 aromatic rings. The summed E-state index contributed by atoms with van der Waals surface area (Å²) in [6.45, 7) is 4.92. The first-order valence-electron chi connectivity index (χ1n) is 33.9. The van der Waals surface area contributed by atoms with Gasteiger partial charge in [0.25, 0.3) is 0 Å². The number of likely N-dealkylation sites (N-methyl/N-ethyl adjacent to an activating group) is 1. The first-order chi connectivity index (χ1) is 37.5. The minimum Gasteiger partial charge on any atom is -0.391 e. The Kier molecular flexibility index (Phi) is 58.4. The van der Waals surface area contributed by atoms with Crippen LogP contribution in [0.2, 0.25) is 0 Å². The highest BCUT2D eigenvalue weighted by atomic mass is 31.2. The number of nitrogens with one attached hydrogen (secondary N) is 1. The van der Waals surface area contributed by atoms with Crippen LogP contribution in [0.1, 0.15) is 341 Å². The van der Waals surface area contributed by atoms with E-state index >= 15 is 0 Å². The number of unbranched alkanes of at least 4 members (excludes halogenated alkanes) is 44. The number of nitrogens with zero attached hydrogens (tertiary/aromatic N) is 1. The molecular weight excluding hydrogens is 972 g/mol. The van der Waals surface area contributed by atoms with Crippen LogP contribution in [0, 0.1) is 0 Å². The second kappa shape index (κ2) is 59.3. The van der Waals surface area contributed by atoms with Crippen LogP contribution < -0.4 is 5.32 Å². The van der Waals surface area contributed by atoms with Gasteiger partial charge in [-0.05, 0) is 51.4 Å². The van der Waals surface area contributed by atoms with Gasteiger partial charge in [0.05, 0.1) is 39.9 Å². The highest BCUT2D eigenvalue weighted by Gasteiger charge is 2.28. The number of hydrogen-bond donors (Lipinski definition) is 3. The molecule has 0 bridgehead atoms. The molecule has 8 nitrogen and oxygen atoms in total. The van der Waals surface area contributed by atoms with Gasteiger partial charge in [0, 0.05) is 6.42 Å². The first kappa shape index (κ1) is 75.7. The summed E-state index contributed by atoms with van der Waals surface area (Å²) in [5, 5.41) is 14.1. The molecule has 0 fully saturated rings. The molecule has 77 heavy (non-hydrogen) atoms. The van der Waals surface area contributed by atoms with E-state index in [0.717, 1.165) is 51.4 Å². The Morgan fingerprint density at radius 2 is 0.740 bits per heavy atom. The third kappa shape index (κ3) is 62.2. The summed E-state index contributed by atoms with van der Waals surface area (Å²) in [6, 6.07) is -0.759. The molecule has 0 saturated carbocycles. The van der Waals surface area contributed by atoms with Crippen molar-refractivity contribution < 1.29 is 32.9 Å². The third-order valence-electron chi connectivity index (χ3n) is 15.6. The lowest BCUT2D eigenvalue weighted by Gasteiger charge is -2.26. The molecular formula is C68H134N2O6P+. The monoisotopic (exact) mass is 1110 g/mol. The minimum atomic E-state index is -4.32. The number of aliphatic hydroxyl groups is 1. The Bertz CT molecular complexity index is 1350. The van der Waals surface area contributed by atoms with Crippen LogP contribution in [-0.4, -0.2) is 73.4 Å². The number of hydrogen-bond acceptors (Lipinski definition) is 5. The van der Waals surface area contributed by atoms with Gasteiger partial charge < -0.3 is 19.8 Å². The van der Waals surface area contributed by atoms with Crippen molar-refractivity contribution in [3.63, 3.8) is 0 Å². The van der Waals surface area contributed by atoms with E-state index in [4.69, 9.17) is 9.05 Å². The second-order valence-electron chi connectivity index (χ2n) is 24.6. The standard InChI is InChI=1S/C68H133N2O6P/c1-6-8-10-12-14-16-18-20-22-24-26-27-28-29-30-31-32-33-34-35-36-37-38-39-40-41-42-43-44-46-48-50-52-54-56-58-60-62-68(72)69-66(65-76-77(73,74)75-64-63-70(3,4)5)67(71)61-59-57-55-53-51-49-47-45-25-23-21-19-17-15-13-11-9-7-2/h18,20,24,26,28-29,66-67,71H,6-17,19,21-23,25,27,30-65H2,1-5H3,(H-,69,72,73,74)/p+1/b20-18-,26-24-,29-28-. The number of aliphatic hydroxyl groups excluding tert-OH is 1. The van der Waals surface area contributed by atoms with Crippen LogP contribution >= 0.6 is 7.82 Å². The van der Waals surface area contributed by atoms with Crippen molar-refractivity contribution in [3.05, 3.63) is 36.5 Å². The second-order valence-corrected chi connectivity index (χ2v) is 26.0. The van der Waals surface area contributed by atoms with Crippen LogP contribution in [0.5, 0.6) is 0 Å². The molecule has 1 amide bonds. The van der Waals surface area contributed by atoms with Crippen LogP contribution in [0.25, 0.3) is 0 Å². The van der Waals surface area contributed by atoms with Gasteiger partial charge in [0.1, 0.15) is 13.2 Å². The fraction of sp³-hybridized carbons (Fsp3) is 0.897. The summed E-state index contributed by atoms with van der Waals surface area (Å²) in [5.74, 6) is -0.137. The van der Waals surface area contributed by atoms with E-state index < -0.39 is 20.0 Å². The zero-order valence-corrected chi connectivity index (χ0v) is 53.1. The molecule has 9 heteroatoms. The molecule has 0 radical (unpaired) electrons. The van der Waals surface area contributed by atoms with Crippen molar-refractivity contribution in [1.29, 1.82) is 0 Å².